The lowest BCUT2D eigenvalue weighted by atomic mass is 10.2. The summed E-state index contributed by atoms with van der Waals surface area (Å²) in [5, 5.41) is 0. The van der Waals surface area contributed by atoms with E-state index in [-0.39, 0.29) is 17.5 Å². The number of aryl methyl sites for hydroxylation is 1. The molecule has 2 rings (SSSR count). The third-order valence-corrected chi connectivity index (χ3v) is 3.49. The average molecular weight is 280 g/mol. The quantitative estimate of drug-likeness (QED) is 0.618. The van der Waals surface area contributed by atoms with Crippen LogP contribution in [0, 0.1) is 19.7 Å². The first kappa shape index (κ1) is 13.8. The first-order valence-electron chi connectivity index (χ1n) is 6.03. The topological polar surface area (TPSA) is 22.0 Å². The summed E-state index contributed by atoms with van der Waals surface area (Å²) in [7, 11) is 0. The van der Waals surface area contributed by atoms with Gasteiger partial charge in [-0.2, -0.15) is 0 Å². The van der Waals surface area contributed by atoms with Gasteiger partial charge in [0.25, 0.3) is 0 Å². The minimum Gasteiger partial charge on any atom is -0.344 e. The molecular weight excluding hydrogens is 265 g/mol. The van der Waals surface area contributed by atoms with Crippen molar-refractivity contribution >= 4 is 17.4 Å². The zero-order chi connectivity index (χ0) is 14.0. The zero-order valence-corrected chi connectivity index (χ0v) is 11.7. The molecule has 0 saturated heterocycles. The fourth-order valence-corrected chi connectivity index (χ4v) is 2.32. The number of carbonyl (C=O) groups excluding carboxylic acids is 1. The van der Waals surface area contributed by atoms with Gasteiger partial charge in [-0.05, 0) is 37.6 Å². The Labute approximate surface area is 116 Å². The fourth-order valence-electron chi connectivity index (χ4n) is 2.17. The molecular formula is C15H15ClFNO. The van der Waals surface area contributed by atoms with Gasteiger partial charge in [0.15, 0.2) is 5.78 Å². The Morgan fingerprint density at radius 1 is 1.26 bits per heavy atom. The number of halogens is 2. The van der Waals surface area contributed by atoms with E-state index in [9.17, 15) is 9.18 Å². The fraction of sp³-hybridized carbons (Fsp3) is 0.267. The minimum atomic E-state index is -0.247. The van der Waals surface area contributed by atoms with E-state index in [1.165, 1.54) is 12.1 Å². The number of alkyl halides is 1. The van der Waals surface area contributed by atoms with Gasteiger partial charge in [0.1, 0.15) is 5.82 Å². The van der Waals surface area contributed by atoms with Crippen molar-refractivity contribution in [2.24, 2.45) is 0 Å². The highest BCUT2D eigenvalue weighted by atomic mass is 35.5. The molecule has 0 saturated carbocycles. The number of carbonyl (C=O) groups is 1. The second kappa shape index (κ2) is 5.57. The van der Waals surface area contributed by atoms with E-state index in [1.54, 1.807) is 12.1 Å². The lowest BCUT2D eigenvalue weighted by Gasteiger charge is -2.09. The summed E-state index contributed by atoms with van der Waals surface area (Å²) in [5.41, 5.74) is 3.55. The van der Waals surface area contributed by atoms with Crippen molar-refractivity contribution in [1.82, 2.24) is 4.57 Å². The Morgan fingerprint density at radius 3 is 2.47 bits per heavy atom. The molecule has 0 unspecified atom stereocenters. The predicted octanol–water partition coefficient (Wildman–Crippen LogP) is 3.71. The molecule has 0 aliphatic rings. The summed E-state index contributed by atoms with van der Waals surface area (Å²) in [6.07, 6.45) is 0. The van der Waals surface area contributed by atoms with E-state index >= 15 is 0 Å². The number of benzene rings is 1. The molecule has 2 nitrogen and oxygen atoms in total. The van der Waals surface area contributed by atoms with E-state index in [2.05, 4.69) is 0 Å². The van der Waals surface area contributed by atoms with Gasteiger partial charge >= 0.3 is 0 Å². The second-order valence-corrected chi connectivity index (χ2v) is 4.82. The van der Waals surface area contributed by atoms with Crippen LogP contribution in [0.2, 0.25) is 0 Å². The minimum absolute atomic E-state index is 0.0131. The number of hydrogen-bond donors (Lipinski definition) is 0. The highest BCUT2D eigenvalue weighted by Gasteiger charge is 2.14. The van der Waals surface area contributed by atoms with Gasteiger partial charge < -0.3 is 4.57 Å². The molecule has 4 heteroatoms. The highest BCUT2D eigenvalue weighted by molar-refractivity contribution is 6.30. The third kappa shape index (κ3) is 2.87. The van der Waals surface area contributed by atoms with Gasteiger partial charge in [-0.15, -0.1) is 11.6 Å². The van der Waals surface area contributed by atoms with Crippen molar-refractivity contribution in [2.45, 2.75) is 20.4 Å². The SMILES string of the molecule is Cc1cc(C(=O)CCl)c(C)n1Cc1ccc(F)cc1. The number of Topliss-reactive ketones (excluding diaryl/α,β-unsaturated/α-hetero) is 1. The van der Waals surface area contributed by atoms with Crippen LogP contribution in [-0.2, 0) is 6.54 Å². The molecule has 1 heterocycles. The van der Waals surface area contributed by atoms with E-state index in [4.69, 9.17) is 11.6 Å². The Balaban J connectivity index is 2.33. The normalized spacial score (nSPS) is 10.7. The smallest absolute Gasteiger partial charge is 0.179 e. The Bertz CT molecular complexity index is 601. The largest absolute Gasteiger partial charge is 0.344 e. The molecule has 0 fully saturated rings. The molecule has 0 aliphatic carbocycles. The van der Waals surface area contributed by atoms with Crippen LogP contribution in [0.3, 0.4) is 0 Å². The monoisotopic (exact) mass is 279 g/mol. The summed E-state index contributed by atoms with van der Waals surface area (Å²) >= 11 is 5.60. The van der Waals surface area contributed by atoms with Gasteiger partial charge in [0.2, 0.25) is 0 Å². The first-order valence-corrected chi connectivity index (χ1v) is 6.56. The van der Waals surface area contributed by atoms with Crippen LogP contribution in [0.5, 0.6) is 0 Å². The zero-order valence-electron chi connectivity index (χ0n) is 10.9. The van der Waals surface area contributed by atoms with Gasteiger partial charge in [0.05, 0.1) is 5.88 Å². The maximum absolute atomic E-state index is 12.9. The van der Waals surface area contributed by atoms with Crippen LogP contribution in [0.4, 0.5) is 4.39 Å². The molecule has 100 valence electrons. The molecule has 0 radical (unpaired) electrons. The van der Waals surface area contributed by atoms with Crippen LogP contribution >= 0.6 is 11.6 Å². The number of hydrogen-bond acceptors (Lipinski definition) is 1. The molecule has 0 N–H and O–H groups in total. The van der Waals surface area contributed by atoms with Crippen LogP contribution in [0.15, 0.2) is 30.3 Å². The second-order valence-electron chi connectivity index (χ2n) is 4.55. The Kier molecular flexibility index (Phi) is 4.05. The molecule has 0 amide bonds. The van der Waals surface area contributed by atoms with E-state index in [0.29, 0.717) is 12.1 Å². The van der Waals surface area contributed by atoms with Crippen molar-refractivity contribution in [1.29, 1.82) is 0 Å². The summed E-state index contributed by atoms with van der Waals surface area (Å²) in [6, 6.07) is 8.22. The van der Waals surface area contributed by atoms with Gasteiger partial charge in [0, 0.05) is 23.5 Å². The first-order chi connectivity index (χ1) is 9.02. The lowest BCUT2D eigenvalue weighted by Crippen LogP contribution is -2.06. The molecule has 0 atom stereocenters. The van der Waals surface area contributed by atoms with Gasteiger partial charge in [-0.3, -0.25) is 4.79 Å². The molecule has 0 aliphatic heterocycles. The highest BCUT2D eigenvalue weighted by Crippen LogP contribution is 2.18. The van der Waals surface area contributed by atoms with Crippen LogP contribution in [-0.4, -0.2) is 16.2 Å². The molecule has 0 bridgehead atoms. The predicted molar refractivity (Wildman–Crippen MR) is 74.5 cm³/mol. The van der Waals surface area contributed by atoms with Crippen molar-refractivity contribution in [3.8, 4) is 0 Å². The standard InChI is InChI=1S/C15H15ClFNO/c1-10-7-14(15(19)8-16)11(2)18(10)9-12-3-5-13(17)6-4-12/h3-7H,8-9H2,1-2H3. The van der Waals surface area contributed by atoms with Crippen LogP contribution in [0.1, 0.15) is 27.3 Å². The Morgan fingerprint density at radius 2 is 1.89 bits per heavy atom. The lowest BCUT2D eigenvalue weighted by molar-refractivity contribution is 0.102. The number of nitrogens with zero attached hydrogens (tertiary/aromatic N) is 1. The third-order valence-electron chi connectivity index (χ3n) is 3.25. The molecule has 1 aromatic carbocycles. The number of rotatable bonds is 4. The molecule has 1 aromatic heterocycles. The number of aromatic nitrogens is 1. The summed E-state index contributed by atoms with van der Waals surface area (Å²) in [6.45, 7) is 4.46. The summed E-state index contributed by atoms with van der Waals surface area (Å²) in [5.74, 6) is -0.330. The average Bonchev–Trinajstić information content (AvgIpc) is 2.68. The van der Waals surface area contributed by atoms with E-state index in [0.717, 1.165) is 17.0 Å². The Hall–Kier alpha value is -1.61. The molecule has 0 spiro atoms. The number of ketones is 1. The van der Waals surface area contributed by atoms with Crippen LogP contribution in [0.25, 0.3) is 0 Å². The summed E-state index contributed by atoms with van der Waals surface area (Å²) in [4.78, 5) is 11.7. The molecule has 2 aromatic rings. The van der Waals surface area contributed by atoms with E-state index in [1.807, 2.05) is 24.5 Å². The van der Waals surface area contributed by atoms with Crippen LogP contribution < -0.4 is 0 Å². The van der Waals surface area contributed by atoms with Crippen molar-refractivity contribution in [2.75, 3.05) is 5.88 Å². The van der Waals surface area contributed by atoms with Crippen molar-refractivity contribution in [3.63, 3.8) is 0 Å². The van der Waals surface area contributed by atoms with Gasteiger partial charge in [-0.1, -0.05) is 12.1 Å². The summed E-state index contributed by atoms with van der Waals surface area (Å²) < 4.78 is 14.9. The van der Waals surface area contributed by atoms with E-state index < -0.39 is 0 Å². The van der Waals surface area contributed by atoms with Gasteiger partial charge in [-0.25, -0.2) is 4.39 Å². The van der Waals surface area contributed by atoms with Crippen molar-refractivity contribution < 1.29 is 9.18 Å². The maximum atomic E-state index is 12.9. The molecule has 19 heavy (non-hydrogen) atoms. The maximum Gasteiger partial charge on any atom is 0.179 e. The van der Waals surface area contributed by atoms with Crippen molar-refractivity contribution in [3.05, 3.63) is 58.7 Å².